The van der Waals surface area contributed by atoms with Crippen molar-refractivity contribution in [2.45, 2.75) is 45.3 Å². The minimum absolute atomic E-state index is 0.142. The van der Waals surface area contributed by atoms with Crippen molar-refractivity contribution in [2.24, 2.45) is 0 Å². The molecule has 1 aliphatic rings. The molecule has 0 spiro atoms. The molecule has 22 heavy (non-hydrogen) atoms. The lowest BCUT2D eigenvalue weighted by atomic mass is 10.1. The van der Waals surface area contributed by atoms with Gasteiger partial charge in [-0.3, -0.25) is 0 Å². The highest BCUT2D eigenvalue weighted by Crippen LogP contribution is 2.13. The predicted octanol–water partition coefficient (Wildman–Crippen LogP) is 2.97. The van der Waals surface area contributed by atoms with Crippen LogP contribution in [-0.2, 0) is 11.2 Å². The van der Waals surface area contributed by atoms with Gasteiger partial charge >= 0.3 is 6.09 Å². The highest BCUT2D eigenvalue weighted by atomic mass is 19.1. The van der Waals surface area contributed by atoms with Crippen molar-refractivity contribution in [2.75, 3.05) is 19.6 Å². The Bertz CT molecular complexity index is 496. The van der Waals surface area contributed by atoms with Crippen LogP contribution >= 0.6 is 0 Å². The number of hydrogen-bond donors (Lipinski definition) is 1. The van der Waals surface area contributed by atoms with Gasteiger partial charge in [-0.1, -0.05) is 12.1 Å². The highest BCUT2D eigenvalue weighted by Gasteiger charge is 2.25. The van der Waals surface area contributed by atoms with Gasteiger partial charge in [-0.15, -0.1) is 0 Å². The SMILES string of the molecule is CC(C)(C)OC(=O)N[C@H]1CCN(CCc2ccc(F)cc2)C1. The number of alkyl carbamates (subject to hydrolysis) is 1. The lowest BCUT2D eigenvalue weighted by molar-refractivity contribution is 0.0506. The van der Waals surface area contributed by atoms with Crippen molar-refractivity contribution in [1.82, 2.24) is 10.2 Å². The van der Waals surface area contributed by atoms with E-state index < -0.39 is 5.60 Å². The number of rotatable bonds is 4. The summed E-state index contributed by atoms with van der Waals surface area (Å²) in [7, 11) is 0. The lowest BCUT2D eigenvalue weighted by Crippen LogP contribution is -2.40. The summed E-state index contributed by atoms with van der Waals surface area (Å²) in [6.07, 6.45) is 1.47. The highest BCUT2D eigenvalue weighted by molar-refractivity contribution is 5.68. The Hall–Kier alpha value is -1.62. The fourth-order valence-electron chi connectivity index (χ4n) is 2.57. The summed E-state index contributed by atoms with van der Waals surface area (Å²) in [6, 6.07) is 6.77. The van der Waals surface area contributed by atoms with E-state index in [1.54, 1.807) is 0 Å². The number of hydrogen-bond acceptors (Lipinski definition) is 3. The number of carbonyl (C=O) groups excluding carboxylic acids is 1. The number of ether oxygens (including phenoxy) is 1. The summed E-state index contributed by atoms with van der Waals surface area (Å²) < 4.78 is 18.1. The van der Waals surface area contributed by atoms with E-state index in [2.05, 4.69) is 10.2 Å². The summed E-state index contributed by atoms with van der Waals surface area (Å²) >= 11 is 0. The fourth-order valence-corrected chi connectivity index (χ4v) is 2.57. The molecule has 1 amide bonds. The standard InChI is InChI=1S/C17H25FN2O2/c1-17(2,3)22-16(21)19-15-9-11-20(12-15)10-8-13-4-6-14(18)7-5-13/h4-7,15H,8-12H2,1-3H3,(H,19,21)/t15-/m0/s1. The first-order chi connectivity index (χ1) is 10.3. The Morgan fingerprint density at radius 3 is 2.68 bits per heavy atom. The molecule has 1 heterocycles. The molecule has 1 aliphatic heterocycles. The normalized spacial score (nSPS) is 19.2. The van der Waals surface area contributed by atoms with E-state index in [9.17, 15) is 9.18 Å². The molecule has 0 saturated carbocycles. The van der Waals surface area contributed by atoms with Gasteiger partial charge in [0, 0.05) is 25.7 Å². The van der Waals surface area contributed by atoms with Gasteiger partial charge in [0.1, 0.15) is 11.4 Å². The monoisotopic (exact) mass is 308 g/mol. The zero-order chi connectivity index (χ0) is 16.2. The zero-order valence-electron chi connectivity index (χ0n) is 13.6. The maximum absolute atomic E-state index is 12.9. The molecule has 1 fully saturated rings. The predicted molar refractivity (Wildman–Crippen MR) is 84.3 cm³/mol. The number of nitrogens with one attached hydrogen (secondary N) is 1. The molecule has 0 radical (unpaired) electrons. The van der Waals surface area contributed by atoms with Gasteiger partial charge in [0.25, 0.3) is 0 Å². The van der Waals surface area contributed by atoms with Crippen molar-refractivity contribution in [3.8, 4) is 0 Å². The van der Waals surface area contributed by atoms with Gasteiger partial charge < -0.3 is 15.0 Å². The Labute approximate surface area is 131 Å². The van der Waals surface area contributed by atoms with Gasteiger partial charge in [0.2, 0.25) is 0 Å². The van der Waals surface area contributed by atoms with Crippen LogP contribution in [0.3, 0.4) is 0 Å². The molecular formula is C17H25FN2O2. The molecule has 5 heteroatoms. The summed E-state index contributed by atoms with van der Waals surface area (Å²) in [5.41, 5.74) is 0.662. The zero-order valence-corrected chi connectivity index (χ0v) is 13.6. The van der Waals surface area contributed by atoms with Gasteiger partial charge in [-0.05, 0) is 51.3 Å². The van der Waals surface area contributed by atoms with E-state index in [1.807, 2.05) is 32.9 Å². The van der Waals surface area contributed by atoms with Crippen molar-refractivity contribution in [1.29, 1.82) is 0 Å². The topological polar surface area (TPSA) is 41.6 Å². The van der Waals surface area contributed by atoms with E-state index in [0.717, 1.165) is 38.0 Å². The third kappa shape index (κ3) is 5.64. The average Bonchev–Trinajstić information content (AvgIpc) is 2.83. The largest absolute Gasteiger partial charge is 0.444 e. The van der Waals surface area contributed by atoms with Crippen LogP contribution in [0.2, 0.25) is 0 Å². The number of halogens is 1. The number of benzene rings is 1. The van der Waals surface area contributed by atoms with Gasteiger partial charge in [-0.25, -0.2) is 9.18 Å². The van der Waals surface area contributed by atoms with Crippen LogP contribution < -0.4 is 5.32 Å². The van der Waals surface area contributed by atoms with E-state index >= 15 is 0 Å². The average molecular weight is 308 g/mol. The smallest absolute Gasteiger partial charge is 0.407 e. The van der Waals surface area contributed by atoms with E-state index in [4.69, 9.17) is 4.74 Å². The van der Waals surface area contributed by atoms with Crippen molar-refractivity contribution >= 4 is 6.09 Å². The first-order valence-electron chi connectivity index (χ1n) is 7.78. The minimum Gasteiger partial charge on any atom is -0.444 e. The number of carbonyl (C=O) groups is 1. The second kappa shape index (κ2) is 7.09. The van der Waals surface area contributed by atoms with Crippen LogP contribution in [0.25, 0.3) is 0 Å². The third-order valence-electron chi connectivity index (χ3n) is 3.62. The maximum atomic E-state index is 12.9. The van der Waals surface area contributed by atoms with Crippen LogP contribution in [0, 0.1) is 5.82 Å². The Morgan fingerprint density at radius 2 is 2.05 bits per heavy atom. The summed E-state index contributed by atoms with van der Waals surface area (Å²) in [6.45, 7) is 8.28. The van der Waals surface area contributed by atoms with Crippen LogP contribution in [0.15, 0.2) is 24.3 Å². The second-order valence-corrected chi connectivity index (χ2v) is 6.81. The van der Waals surface area contributed by atoms with Crippen molar-refractivity contribution in [3.63, 3.8) is 0 Å². The van der Waals surface area contributed by atoms with E-state index in [1.165, 1.54) is 12.1 Å². The number of nitrogens with zero attached hydrogens (tertiary/aromatic N) is 1. The molecule has 0 bridgehead atoms. The first kappa shape index (κ1) is 16.7. The molecule has 0 aliphatic carbocycles. The number of likely N-dealkylation sites (tertiary alicyclic amines) is 1. The third-order valence-corrected chi connectivity index (χ3v) is 3.62. The lowest BCUT2D eigenvalue weighted by Gasteiger charge is -2.22. The van der Waals surface area contributed by atoms with Crippen molar-refractivity contribution < 1.29 is 13.9 Å². The van der Waals surface area contributed by atoms with Crippen LogP contribution in [0.1, 0.15) is 32.8 Å². The van der Waals surface area contributed by atoms with Gasteiger partial charge in [-0.2, -0.15) is 0 Å². The Balaban J connectivity index is 1.71. The van der Waals surface area contributed by atoms with E-state index in [-0.39, 0.29) is 18.0 Å². The van der Waals surface area contributed by atoms with Crippen molar-refractivity contribution in [3.05, 3.63) is 35.6 Å². The van der Waals surface area contributed by atoms with Gasteiger partial charge in [0.15, 0.2) is 0 Å². The van der Waals surface area contributed by atoms with Crippen LogP contribution in [-0.4, -0.2) is 42.3 Å². The molecular weight excluding hydrogens is 283 g/mol. The molecule has 1 N–H and O–H groups in total. The summed E-state index contributed by atoms with van der Waals surface area (Å²) in [5, 5.41) is 2.92. The molecule has 2 rings (SSSR count). The quantitative estimate of drug-likeness (QED) is 0.930. The molecule has 122 valence electrons. The summed E-state index contributed by atoms with van der Waals surface area (Å²) in [5.74, 6) is -0.202. The van der Waals surface area contributed by atoms with Gasteiger partial charge in [0.05, 0.1) is 0 Å². The van der Waals surface area contributed by atoms with E-state index in [0.29, 0.717) is 0 Å². The molecule has 1 atom stereocenters. The van der Waals surface area contributed by atoms with Crippen LogP contribution in [0.4, 0.5) is 9.18 Å². The summed E-state index contributed by atoms with van der Waals surface area (Å²) in [4.78, 5) is 14.1. The Kier molecular flexibility index (Phi) is 5.40. The molecule has 1 aromatic carbocycles. The Morgan fingerprint density at radius 1 is 1.36 bits per heavy atom. The molecule has 0 unspecified atom stereocenters. The molecule has 0 aromatic heterocycles. The molecule has 1 saturated heterocycles. The minimum atomic E-state index is -0.467. The van der Waals surface area contributed by atoms with Crippen LogP contribution in [0.5, 0.6) is 0 Å². The maximum Gasteiger partial charge on any atom is 0.407 e. The number of amides is 1. The molecule has 4 nitrogen and oxygen atoms in total. The fraction of sp³-hybridized carbons (Fsp3) is 0.588. The second-order valence-electron chi connectivity index (χ2n) is 6.81. The first-order valence-corrected chi connectivity index (χ1v) is 7.78. The molecule has 1 aromatic rings.